The number of carbonyl (C=O) groups is 2. The van der Waals surface area contributed by atoms with Gasteiger partial charge in [0.1, 0.15) is 12.2 Å². The van der Waals surface area contributed by atoms with Crippen LogP contribution in [-0.2, 0) is 20.4 Å². The van der Waals surface area contributed by atoms with E-state index in [-0.39, 0.29) is 23.7 Å². The van der Waals surface area contributed by atoms with Crippen molar-refractivity contribution in [3.05, 3.63) is 35.4 Å². The average molecular weight is 330 g/mol. The molecule has 1 aromatic carbocycles. The van der Waals surface area contributed by atoms with Crippen LogP contribution in [0.1, 0.15) is 48.5 Å². The van der Waals surface area contributed by atoms with Gasteiger partial charge in [0, 0.05) is 6.92 Å². The molecule has 1 fully saturated rings. The lowest BCUT2D eigenvalue weighted by atomic mass is 9.95. The van der Waals surface area contributed by atoms with Crippen molar-refractivity contribution in [3.63, 3.8) is 0 Å². The average Bonchev–Trinajstić information content (AvgIpc) is 2.48. The summed E-state index contributed by atoms with van der Waals surface area (Å²) in [5.41, 5.74) is -0.726. The summed E-state index contributed by atoms with van der Waals surface area (Å²) in [5, 5.41) is 0. The van der Waals surface area contributed by atoms with E-state index in [2.05, 4.69) is 0 Å². The van der Waals surface area contributed by atoms with Crippen molar-refractivity contribution in [1.29, 1.82) is 0 Å². The summed E-state index contributed by atoms with van der Waals surface area (Å²) in [4.78, 5) is 22.8. The van der Waals surface area contributed by atoms with Crippen LogP contribution in [-0.4, -0.2) is 24.1 Å². The van der Waals surface area contributed by atoms with Gasteiger partial charge in [0.2, 0.25) is 0 Å². The molecule has 7 heteroatoms. The molecule has 0 N–H and O–H groups in total. The van der Waals surface area contributed by atoms with Crippen molar-refractivity contribution >= 4 is 11.9 Å². The lowest BCUT2D eigenvalue weighted by Crippen LogP contribution is -2.29. The number of benzene rings is 1. The van der Waals surface area contributed by atoms with Crippen LogP contribution in [0.15, 0.2) is 24.3 Å². The van der Waals surface area contributed by atoms with E-state index < -0.39 is 17.7 Å². The van der Waals surface area contributed by atoms with Crippen molar-refractivity contribution in [2.45, 2.75) is 51.0 Å². The number of alkyl halides is 3. The highest BCUT2D eigenvalue weighted by Gasteiger charge is 2.31. The van der Waals surface area contributed by atoms with Gasteiger partial charge in [0.25, 0.3) is 0 Å². The molecule has 0 heterocycles. The van der Waals surface area contributed by atoms with Gasteiger partial charge in [-0.1, -0.05) is 0 Å². The molecule has 0 unspecified atom stereocenters. The normalized spacial score (nSPS) is 21.6. The Morgan fingerprint density at radius 3 is 1.87 bits per heavy atom. The molecule has 23 heavy (non-hydrogen) atoms. The Bertz CT molecular complexity index is 558. The Balaban J connectivity index is 1.87. The highest BCUT2D eigenvalue weighted by Crippen LogP contribution is 2.29. The van der Waals surface area contributed by atoms with Gasteiger partial charge in [0.05, 0.1) is 11.1 Å². The zero-order valence-electron chi connectivity index (χ0n) is 12.6. The highest BCUT2D eigenvalue weighted by molar-refractivity contribution is 5.89. The molecule has 4 nitrogen and oxygen atoms in total. The Morgan fingerprint density at radius 1 is 0.957 bits per heavy atom. The second kappa shape index (κ2) is 7.02. The lowest BCUT2D eigenvalue weighted by molar-refractivity contribution is -0.148. The summed E-state index contributed by atoms with van der Waals surface area (Å²) in [6, 6.07) is 3.92. The molecule has 1 aliphatic rings. The maximum atomic E-state index is 12.5. The van der Waals surface area contributed by atoms with Crippen LogP contribution in [0.4, 0.5) is 13.2 Å². The fourth-order valence-corrected chi connectivity index (χ4v) is 2.52. The maximum absolute atomic E-state index is 12.5. The van der Waals surface area contributed by atoms with Crippen LogP contribution in [0, 0.1) is 0 Å². The molecule has 0 aromatic heterocycles. The Hall–Kier alpha value is -2.05. The number of halogens is 3. The third-order valence-electron chi connectivity index (χ3n) is 3.68. The molecule has 1 aliphatic carbocycles. The standard InChI is InChI=1S/C16H17F3O4/c1-10(20)22-13-6-8-14(9-7-13)23-15(21)11-2-4-12(5-3-11)16(17,18)19/h2-5,13-14H,6-9H2,1H3. The number of rotatable bonds is 3. The van der Waals surface area contributed by atoms with E-state index in [0.29, 0.717) is 25.7 Å². The third-order valence-corrected chi connectivity index (χ3v) is 3.68. The molecule has 0 saturated heterocycles. The first kappa shape index (κ1) is 17.3. The lowest BCUT2D eigenvalue weighted by Gasteiger charge is -2.27. The summed E-state index contributed by atoms with van der Waals surface area (Å²) in [5.74, 6) is -0.982. The Labute approximate surface area is 131 Å². The SMILES string of the molecule is CC(=O)OC1CCC(OC(=O)c2ccc(C(F)(F)F)cc2)CC1. The summed E-state index contributed by atoms with van der Waals surface area (Å²) < 4.78 is 47.8. The summed E-state index contributed by atoms with van der Waals surface area (Å²) in [6.07, 6.45) is -2.58. The van der Waals surface area contributed by atoms with E-state index >= 15 is 0 Å². The molecule has 0 amide bonds. The van der Waals surface area contributed by atoms with Crippen LogP contribution in [0.25, 0.3) is 0 Å². The predicted molar refractivity (Wildman–Crippen MR) is 74.7 cm³/mol. The van der Waals surface area contributed by atoms with Gasteiger partial charge in [-0.25, -0.2) is 4.79 Å². The van der Waals surface area contributed by atoms with Crippen LogP contribution in [0.2, 0.25) is 0 Å². The summed E-state index contributed by atoms with van der Waals surface area (Å²) >= 11 is 0. The molecule has 0 aliphatic heterocycles. The van der Waals surface area contributed by atoms with Crippen molar-refractivity contribution in [2.75, 3.05) is 0 Å². The second-order valence-corrected chi connectivity index (χ2v) is 5.49. The number of hydrogen-bond donors (Lipinski definition) is 0. The minimum Gasteiger partial charge on any atom is -0.463 e. The molecular weight excluding hydrogens is 313 g/mol. The van der Waals surface area contributed by atoms with Crippen LogP contribution >= 0.6 is 0 Å². The van der Waals surface area contributed by atoms with E-state index in [0.717, 1.165) is 24.3 Å². The molecule has 1 saturated carbocycles. The monoisotopic (exact) mass is 330 g/mol. The van der Waals surface area contributed by atoms with Gasteiger partial charge >= 0.3 is 18.1 Å². The first-order chi connectivity index (χ1) is 10.8. The van der Waals surface area contributed by atoms with Gasteiger partial charge in [-0.3, -0.25) is 4.79 Å². The Kier molecular flexibility index (Phi) is 5.28. The smallest absolute Gasteiger partial charge is 0.416 e. The molecule has 2 rings (SSSR count). The van der Waals surface area contributed by atoms with Gasteiger partial charge in [-0.15, -0.1) is 0 Å². The first-order valence-corrected chi connectivity index (χ1v) is 7.31. The van der Waals surface area contributed by atoms with E-state index in [1.807, 2.05) is 0 Å². The van der Waals surface area contributed by atoms with Gasteiger partial charge < -0.3 is 9.47 Å². The number of hydrogen-bond acceptors (Lipinski definition) is 4. The molecule has 0 spiro atoms. The van der Waals surface area contributed by atoms with Crippen LogP contribution in [0.5, 0.6) is 0 Å². The maximum Gasteiger partial charge on any atom is 0.416 e. The van der Waals surface area contributed by atoms with Crippen LogP contribution < -0.4 is 0 Å². The molecule has 126 valence electrons. The van der Waals surface area contributed by atoms with Crippen molar-refractivity contribution in [3.8, 4) is 0 Å². The molecule has 0 bridgehead atoms. The second-order valence-electron chi connectivity index (χ2n) is 5.49. The molecular formula is C16H17F3O4. The number of carbonyl (C=O) groups excluding carboxylic acids is 2. The van der Waals surface area contributed by atoms with Crippen molar-refractivity contribution in [2.24, 2.45) is 0 Å². The zero-order chi connectivity index (χ0) is 17.0. The van der Waals surface area contributed by atoms with Crippen molar-refractivity contribution in [1.82, 2.24) is 0 Å². The van der Waals surface area contributed by atoms with Gasteiger partial charge in [0.15, 0.2) is 0 Å². The van der Waals surface area contributed by atoms with Crippen LogP contribution in [0.3, 0.4) is 0 Å². The van der Waals surface area contributed by atoms with E-state index in [1.54, 1.807) is 0 Å². The topological polar surface area (TPSA) is 52.6 Å². The molecule has 0 atom stereocenters. The van der Waals surface area contributed by atoms with Crippen molar-refractivity contribution < 1.29 is 32.2 Å². The summed E-state index contributed by atoms with van der Waals surface area (Å²) in [7, 11) is 0. The third kappa shape index (κ3) is 4.97. The van der Waals surface area contributed by atoms with E-state index in [1.165, 1.54) is 6.92 Å². The zero-order valence-corrected chi connectivity index (χ0v) is 12.6. The summed E-state index contributed by atoms with van der Waals surface area (Å²) in [6.45, 7) is 1.34. The quantitative estimate of drug-likeness (QED) is 0.792. The van der Waals surface area contributed by atoms with E-state index in [4.69, 9.17) is 9.47 Å². The Morgan fingerprint density at radius 2 is 1.43 bits per heavy atom. The number of esters is 2. The minimum atomic E-state index is -4.43. The molecule has 0 radical (unpaired) electrons. The fraction of sp³-hybridized carbons (Fsp3) is 0.500. The largest absolute Gasteiger partial charge is 0.463 e. The minimum absolute atomic E-state index is 0.0834. The highest BCUT2D eigenvalue weighted by atomic mass is 19.4. The molecule has 1 aromatic rings. The van der Waals surface area contributed by atoms with Gasteiger partial charge in [-0.2, -0.15) is 13.2 Å². The number of ether oxygens (including phenoxy) is 2. The fourth-order valence-electron chi connectivity index (χ4n) is 2.52. The van der Waals surface area contributed by atoms with E-state index in [9.17, 15) is 22.8 Å². The first-order valence-electron chi connectivity index (χ1n) is 7.31. The predicted octanol–water partition coefficient (Wildman–Crippen LogP) is 3.74. The van der Waals surface area contributed by atoms with Gasteiger partial charge in [-0.05, 0) is 49.9 Å².